The Bertz CT molecular complexity index is 835. The Balaban J connectivity index is 1.87. The highest BCUT2D eigenvalue weighted by Gasteiger charge is 2.09. The minimum atomic E-state index is -0.665. The van der Waals surface area contributed by atoms with Gasteiger partial charge in [-0.3, -0.25) is 0 Å². The first-order valence-corrected chi connectivity index (χ1v) is 6.23. The van der Waals surface area contributed by atoms with Crippen LogP contribution in [0.5, 0.6) is 5.75 Å². The van der Waals surface area contributed by atoms with E-state index in [1.54, 1.807) is 18.2 Å². The van der Waals surface area contributed by atoms with Gasteiger partial charge in [-0.1, -0.05) is 6.07 Å². The van der Waals surface area contributed by atoms with Gasteiger partial charge in [0.1, 0.15) is 29.6 Å². The lowest BCUT2D eigenvalue weighted by molar-refractivity contribution is 0.292. The maximum Gasteiger partial charge on any atom is 0.336 e. The van der Waals surface area contributed by atoms with Gasteiger partial charge in [-0.05, 0) is 30.3 Å². The van der Waals surface area contributed by atoms with Crippen molar-refractivity contribution in [2.24, 2.45) is 0 Å². The molecule has 5 heteroatoms. The highest BCUT2D eigenvalue weighted by Crippen LogP contribution is 2.21. The number of ether oxygens (including phenoxy) is 1. The first-order chi connectivity index (χ1) is 10.1. The van der Waals surface area contributed by atoms with E-state index >= 15 is 0 Å². The van der Waals surface area contributed by atoms with E-state index in [0.717, 1.165) is 5.39 Å². The molecule has 21 heavy (non-hydrogen) atoms. The minimum Gasteiger partial charge on any atom is -0.489 e. The fraction of sp³-hybridized carbons (Fsp3) is 0.0625. The normalized spacial score (nSPS) is 10.8. The Labute approximate surface area is 118 Å². The molecule has 0 fully saturated rings. The first kappa shape index (κ1) is 13.3. The summed E-state index contributed by atoms with van der Waals surface area (Å²) in [5.74, 6) is -0.968. The summed E-state index contributed by atoms with van der Waals surface area (Å²) in [5.41, 5.74) is -0.263. The molecule has 106 valence electrons. The zero-order valence-electron chi connectivity index (χ0n) is 10.8. The molecule has 0 bridgehead atoms. The van der Waals surface area contributed by atoms with Crippen molar-refractivity contribution in [3.63, 3.8) is 0 Å². The molecule has 3 rings (SSSR count). The monoisotopic (exact) mass is 288 g/mol. The SMILES string of the molecule is O=c1ccc2ccc(OCc3c(F)cccc3F)cc2o1. The van der Waals surface area contributed by atoms with Crippen molar-refractivity contribution >= 4 is 11.0 Å². The predicted molar refractivity (Wildman–Crippen MR) is 73.2 cm³/mol. The average molecular weight is 288 g/mol. The average Bonchev–Trinajstić information content (AvgIpc) is 2.46. The number of rotatable bonds is 3. The van der Waals surface area contributed by atoms with Crippen molar-refractivity contribution < 1.29 is 17.9 Å². The zero-order valence-corrected chi connectivity index (χ0v) is 10.8. The summed E-state index contributed by atoms with van der Waals surface area (Å²) in [4.78, 5) is 11.2. The molecule has 3 nitrogen and oxygen atoms in total. The number of benzene rings is 2. The molecule has 0 aliphatic carbocycles. The van der Waals surface area contributed by atoms with Crippen LogP contribution in [0.4, 0.5) is 8.78 Å². The highest BCUT2D eigenvalue weighted by molar-refractivity contribution is 5.77. The van der Waals surface area contributed by atoms with E-state index in [1.165, 1.54) is 30.3 Å². The standard InChI is InChI=1S/C16H10F2O3/c17-13-2-1-3-14(18)12(13)9-20-11-6-4-10-5-7-16(19)21-15(10)8-11/h1-8H,9H2. The van der Waals surface area contributed by atoms with E-state index in [2.05, 4.69) is 0 Å². The van der Waals surface area contributed by atoms with Crippen LogP contribution in [0.2, 0.25) is 0 Å². The summed E-state index contributed by atoms with van der Waals surface area (Å²) in [5, 5.41) is 0.735. The van der Waals surface area contributed by atoms with Gasteiger partial charge in [0.2, 0.25) is 0 Å². The first-order valence-electron chi connectivity index (χ1n) is 6.23. The van der Waals surface area contributed by atoms with Crippen LogP contribution in [-0.4, -0.2) is 0 Å². The third-order valence-corrected chi connectivity index (χ3v) is 3.04. The van der Waals surface area contributed by atoms with Crippen LogP contribution in [0.1, 0.15) is 5.56 Å². The van der Waals surface area contributed by atoms with Gasteiger partial charge < -0.3 is 9.15 Å². The maximum absolute atomic E-state index is 13.5. The summed E-state index contributed by atoms with van der Waals surface area (Å²) in [6.07, 6.45) is 0. The molecule has 2 aromatic carbocycles. The van der Waals surface area contributed by atoms with Crippen molar-refractivity contribution in [2.75, 3.05) is 0 Å². The Hall–Kier alpha value is -2.69. The lowest BCUT2D eigenvalue weighted by atomic mass is 10.2. The van der Waals surface area contributed by atoms with Gasteiger partial charge in [-0.25, -0.2) is 13.6 Å². The number of fused-ring (bicyclic) bond motifs is 1. The lowest BCUT2D eigenvalue weighted by Gasteiger charge is -2.08. The third-order valence-electron chi connectivity index (χ3n) is 3.04. The van der Waals surface area contributed by atoms with E-state index in [1.807, 2.05) is 0 Å². The quantitative estimate of drug-likeness (QED) is 0.691. The largest absolute Gasteiger partial charge is 0.489 e. The van der Waals surface area contributed by atoms with Crippen molar-refractivity contribution in [3.05, 3.63) is 76.1 Å². The van der Waals surface area contributed by atoms with Gasteiger partial charge in [0, 0.05) is 17.5 Å². The Kier molecular flexibility index (Phi) is 3.39. The van der Waals surface area contributed by atoms with Crippen LogP contribution < -0.4 is 10.4 Å². The van der Waals surface area contributed by atoms with Gasteiger partial charge >= 0.3 is 5.63 Å². The van der Waals surface area contributed by atoms with E-state index in [9.17, 15) is 13.6 Å². The molecule has 1 aromatic heterocycles. The smallest absolute Gasteiger partial charge is 0.336 e. The topological polar surface area (TPSA) is 39.4 Å². The molecule has 1 heterocycles. The summed E-state index contributed by atoms with van der Waals surface area (Å²) in [6, 6.07) is 11.4. The second-order valence-electron chi connectivity index (χ2n) is 4.44. The van der Waals surface area contributed by atoms with E-state index in [0.29, 0.717) is 11.3 Å². The second kappa shape index (κ2) is 5.36. The number of hydrogen-bond acceptors (Lipinski definition) is 3. The molecule has 0 saturated carbocycles. The molecule has 0 atom stereocenters. The Morgan fingerprint density at radius 2 is 1.71 bits per heavy atom. The van der Waals surface area contributed by atoms with Gasteiger partial charge in [-0.2, -0.15) is 0 Å². The zero-order chi connectivity index (χ0) is 14.8. The molecule has 0 saturated heterocycles. The van der Waals surface area contributed by atoms with E-state index < -0.39 is 17.3 Å². The molecule has 0 unspecified atom stereocenters. The van der Waals surface area contributed by atoms with Crippen molar-refractivity contribution in [2.45, 2.75) is 6.61 Å². The lowest BCUT2D eigenvalue weighted by Crippen LogP contribution is -2.02. The summed E-state index contributed by atoms with van der Waals surface area (Å²) in [7, 11) is 0. The molecule has 0 aliphatic heterocycles. The van der Waals surface area contributed by atoms with Crippen molar-refractivity contribution in [1.82, 2.24) is 0 Å². The van der Waals surface area contributed by atoms with Crippen LogP contribution in [0, 0.1) is 11.6 Å². The molecule has 0 spiro atoms. The molecule has 0 N–H and O–H groups in total. The molecular formula is C16H10F2O3. The van der Waals surface area contributed by atoms with Gasteiger partial charge in [-0.15, -0.1) is 0 Å². The van der Waals surface area contributed by atoms with Crippen LogP contribution in [-0.2, 0) is 6.61 Å². The summed E-state index contributed by atoms with van der Waals surface area (Å²) in [6.45, 7) is -0.249. The van der Waals surface area contributed by atoms with Gasteiger partial charge in [0.05, 0.1) is 5.56 Å². The fourth-order valence-electron chi connectivity index (χ4n) is 1.96. The van der Waals surface area contributed by atoms with Crippen LogP contribution in [0.25, 0.3) is 11.0 Å². The Morgan fingerprint density at radius 1 is 1.00 bits per heavy atom. The van der Waals surface area contributed by atoms with Gasteiger partial charge in [0.15, 0.2) is 0 Å². The van der Waals surface area contributed by atoms with Crippen molar-refractivity contribution in [1.29, 1.82) is 0 Å². The van der Waals surface area contributed by atoms with Gasteiger partial charge in [0.25, 0.3) is 0 Å². The third kappa shape index (κ3) is 2.76. The summed E-state index contributed by atoms with van der Waals surface area (Å²) < 4.78 is 37.3. The summed E-state index contributed by atoms with van der Waals surface area (Å²) >= 11 is 0. The molecule has 0 amide bonds. The number of halogens is 2. The van der Waals surface area contributed by atoms with Crippen LogP contribution in [0.15, 0.2) is 57.7 Å². The minimum absolute atomic E-state index is 0.146. The molecule has 0 aliphatic rings. The van der Waals surface area contributed by atoms with E-state index in [-0.39, 0.29) is 12.2 Å². The molecule has 3 aromatic rings. The highest BCUT2D eigenvalue weighted by atomic mass is 19.1. The molecule has 0 radical (unpaired) electrons. The van der Waals surface area contributed by atoms with Crippen LogP contribution >= 0.6 is 0 Å². The van der Waals surface area contributed by atoms with Crippen LogP contribution in [0.3, 0.4) is 0 Å². The van der Waals surface area contributed by atoms with Crippen molar-refractivity contribution in [3.8, 4) is 5.75 Å². The Morgan fingerprint density at radius 3 is 2.48 bits per heavy atom. The second-order valence-corrected chi connectivity index (χ2v) is 4.44. The predicted octanol–water partition coefficient (Wildman–Crippen LogP) is 3.65. The number of hydrogen-bond donors (Lipinski definition) is 0. The van der Waals surface area contributed by atoms with E-state index in [4.69, 9.17) is 9.15 Å². The molecular weight excluding hydrogens is 278 g/mol. The fourth-order valence-corrected chi connectivity index (χ4v) is 1.96. The maximum atomic E-state index is 13.5.